The number of nitrogens with one attached hydrogen (secondary N) is 2. The van der Waals surface area contributed by atoms with Gasteiger partial charge in [0.15, 0.2) is 11.5 Å². The van der Waals surface area contributed by atoms with Gasteiger partial charge in [-0.15, -0.1) is 0 Å². The standard InChI is InChI=1S/C20H27N5O4/c1-27-15-11-14(12-16(28-2)19(15)29-3)23-20(26)22-13-17-21-8-7-18(24-17)25-9-5-4-6-10-25/h7-8,11-12H,4-6,9-10,13H2,1-3H3,(H2,22,23,26). The van der Waals surface area contributed by atoms with Gasteiger partial charge >= 0.3 is 6.03 Å². The number of aromatic nitrogens is 2. The number of methoxy groups -OCH3 is 3. The van der Waals surface area contributed by atoms with E-state index in [0.29, 0.717) is 28.8 Å². The molecule has 1 aromatic heterocycles. The highest BCUT2D eigenvalue weighted by Crippen LogP contribution is 2.39. The van der Waals surface area contributed by atoms with Gasteiger partial charge in [-0.3, -0.25) is 0 Å². The molecule has 9 nitrogen and oxygen atoms in total. The normalized spacial score (nSPS) is 13.6. The Morgan fingerprint density at radius 3 is 2.38 bits per heavy atom. The molecule has 1 aliphatic heterocycles. The Bertz CT molecular complexity index is 814. The number of hydrogen-bond donors (Lipinski definition) is 2. The summed E-state index contributed by atoms with van der Waals surface area (Å²) in [5.41, 5.74) is 0.514. The lowest BCUT2D eigenvalue weighted by Crippen LogP contribution is -2.31. The van der Waals surface area contributed by atoms with E-state index in [2.05, 4.69) is 25.5 Å². The van der Waals surface area contributed by atoms with Crippen molar-refractivity contribution in [2.75, 3.05) is 44.6 Å². The second kappa shape index (κ2) is 9.81. The summed E-state index contributed by atoms with van der Waals surface area (Å²) in [6, 6.07) is 4.85. The van der Waals surface area contributed by atoms with Crippen LogP contribution in [0.25, 0.3) is 0 Å². The molecule has 0 bridgehead atoms. The molecule has 1 fully saturated rings. The fraction of sp³-hybridized carbons (Fsp3) is 0.450. The van der Waals surface area contributed by atoms with Gasteiger partial charge in [0.2, 0.25) is 5.75 Å². The number of nitrogens with zero attached hydrogens (tertiary/aromatic N) is 3. The molecule has 1 aliphatic rings. The lowest BCUT2D eigenvalue weighted by Gasteiger charge is -2.27. The minimum atomic E-state index is -0.383. The highest BCUT2D eigenvalue weighted by molar-refractivity contribution is 5.90. The van der Waals surface area contributed by atoms with Crippen molar-refractivity contribution in [1.29, 1.82) is 0 Å². The largest absolute Gasteiger partial charge is 0.493 e. The van der Waals surface area contributed by atoms with E-state index in [1.54, 1.807) is 18.3 Å². The molecule has 2 amide bonds. The van der Waals surface area contributed by atoms with Gasteiger partial charge in [-0.25, -0.2) is 14.8 Å². The molecule has 0 unspecified atom stereocenters. The predicted octanol–water partition coefficient (Wildman–Crippen LogP) is 2.81. The predicted molar refractivity (Wildman–Crippen MR) is 110 cm³/mol. The molecule has 0 radical (unpaired) electrons. The van der Waals surface area contributed by atoms with Crippen LogP contribution in [-0.4, -0.2) is 50.4 Å². The lowest BCUT2D eigenvalue weighted by molar-refractivity contribution is 0.251. The minimum Gasteiger partial charge on any atom is -0.493 e. The van der Waals surface area contributed by atoms with Crippen molar-refractivity contribution in [3.8, 4) is 17.2 Å². The third-order valence-corrected chi connectivity index (χ3v) is 4.70. The van der Waals surface area contributed by atoms with Crippen molar-refractivity contribution >= 4 is 17.5 Å². The summed E-state index contributed by atoms with van der Waals surface area (Å²) < 4.78 is 15.9. The van der Waals surface area contributed by atoms with Gasteiger partial charge < -0.3 is 29.7 Å². The maximum Gasteiger partial charge on any atom is 0.319 e. The average molecular weight is 401 g/mol. The molecule has 2 N–H and O–H groups in total. The summed E-state index contributed by atoms with van der Waals surface area (Å²) >= 11 is 0. The number of urea groups is 1. The quantitative estimate of drug-likeness (QED) is 0.736. The number of carbonyl (C=O) groups is 1. The number of amides is 2. The molecule has 1 saturated heterocycles. The second-order valence-electron chi connectivity index (χ2n) is 6.60. The Balaban J connectivity index is 1.61. The molecular weight excluding hydrogens is 374 g/mol. The van der Waals surface area contributed by atoms with Crippen LogP contribution in [0.5, 0.6) is 17.2 Å². The van der Waals surface area contributed by atoms with E-state index in [4.69, 9.17) is 14.2 Å². The maximum atomic E-state index is 12.3. The first-order valence-corrected chi connectivity index (χ1v) is 9.56. The van der Waals surface area contributed by atoms with Crippen molar-refractivity contribution in [1.82, 2.24) is 15.3 Å². The van der Waals surface area contributed by atoms with Crippen molar-refractivity contribution in [3.63, 3.8) is 0 Å². The molecule has 3 rings (SSSR count). The van der Waals surface area contributed by atoms with Gasteiger partial charge in [-0.1, -0.05) is 0 Å². The van der Waals surface area contributed by atoms with Crippen LogP contribution in [-0.2, 0) is 6.54 Å². The van der Waals surface area contributed by atoms with Crippen LogP contribution >= 0.6 is 0 Å². The third kappa shape index (κ3) is 5.18. The summed E-state index contributed by atoms with van der Waals surface area (Å²) in [5, 5.41) is 5.53. The van der Waals surface area contributed by atoms with Gasteiger partial charge in [0.1, 0.15) is 11.6 Å². The number of anilines is 2. The van der Waals surface area contributed by atoms with Gasteiger partial charge in [-0.2, -0.15) is 0 Å². The van der Waals surface area contributed by atoms with Crippen LogP contribution in [0.1, 0.15) is 25.1 Å². The molecule has 0 saturated carbocycles. The highest BCUT2D eigenvalue weighted by atomic mass is 16.5. The van der Waals surface area contributed by atoms with Gasteiger partial charge in [0.05, 0.1) is 33.6 Å². The molecule has 2 aromatic rings. The minimum absolute atomic E-state index is 0.220. The summed E-state index contributed by atoms with van der Waals surface area (Å²) in [6.07, 6.45) is 5.34. The maximum absolute atomic E-state index is 12.3. The summed E-state index contributed by atoms with van der Waals surface area (Å²) in [6.45, 7) is 2.23. The van der Waals surface area contributed by atoms with E-state index in [1.807, 2.05) is 6.07 Å². The zero-order chi connectivity index (χ0) is 20.6. The third-order valence-electron chi connectivity index (χ3n) is 4.70. The van der Waals surface area contributed by atoms with E-state index < -0.39 is 0 Å². The van der Waals surface area contributed by atoms with E-state index in [9.17, 15) is 4.79 Å². The second-order valence-corrected chi connectivity index (χ2v) is 6.60. The number of carbonyl (C=O) groups excluding carboxylic acids is 1. The molecule has 0 spiro atoms. The van der Waals surface area contributed by atoms with Crippen molar-refractivity contribution in [2.24, 2.45) is 0 Å². The Morgan fingerprint density at radius 2 is 1.76 bits per heavy atom. The van der Waals surface area contributed by atoms with Crippen molar-refractivity contribution < 1.29 is 19.0 Å². The monoisotopic (exact) mass is 401 g/mol. The van der Waals surface area contributed by atoms with Crippen LogP contribution in [0.3, 0.4) is 0 Å². The van der Waals surface area contributed by atoms with Crippen LogP contribution < -0.4 is 29.7 Å². The molecule has 2 heterocycles. The Kier molecular flexibility index (Phi) is 6.94. The number of piperidine rings is 1. The fourth-order valence-electron chi connectivity index (χ4n) is 3.26. The smallest absolute Gasteiger partial charge is 0.319 e. The van der Waals surface area contributed by atoms with Crippen LogP contribution in [0.4, 0.5) is 16.3 Å². The molecule has 156 valence electrons. The van der Waals surface area contributed by atoms with Crippen molar-refractivity contribution in [3.05, 3.63) is 30.2 Å². The van der Waals surface area contributed by atoms with E-state index >= 15 is 0 Å². The topological polar surface area (TPSA) is 97.8 Å². The molecular formula is C20H27N5O4. The van der Waals surface area contributed by atoms with Crippen LogP contribution in [0.15, 0.2) is 24.4 Å². The van der Waals surface area contributed by atoms with Gasteiger partial charge in [0.25, 0.3) is 0 Å². The van der Waals surface area contributed by atoms with Gasteiger partial charge in [-0.05, 0) is 25.3 Å². The number of ether oxygens (including phenoxy) is 3. The summed E-state index contributed by atoms with van der Waals surface area (Å²) in [7, 11) is 4.57. The highest BCUT2D eigenvalue weighted by Gasteiger charge is 2.15. The van der Waals surface area contributed by atoms with Gasteiger partial charge in [0, 0.05) is 31.4 Å². The molecule has 1 aromatic carbocycles. The summed E-state index contributed by atoms with van der Waals surface area (Å²) in [4.78, 5) is 23.4. The lowest BCUT2D eigenvalue weighted by atomic mass is 10.1. The van der Waals surface area contributed by atoms with Crippen molar-refractivity contribution in [2.45, 2.75) is 25.8 Å². The number of hydrogen-bond acceptors (Lipinski definition) is 7. The SMILES string of the molecule is COc1cc(NC(=O)NCc2nccc(N3CCCCC3)n2)cc(OC)c1OC. The summed E-state index contributed by atoms with van der Waals surface area (Å²) in [5.74, 6) is 2.85. The Labute approximate surface area is 170 Å². The molecule has 9 heteroatoms. The number of benzene rings is 1. The van der Waals surface area contributed by atoms with E-state index in [0.717, 1.165) is 18.9 Å². The first kappa shape index (κ1) is 20.5. The zero-order valence-corrected chi connectivity index (χ0v) is 17.0. The fourth-order valence-corrected chi connectivity index (χ4v) is 3.26. The average Bonchev–Trinajstić information content (AvgIpc) is 2.77. The van der Waals surface area contributed by atoms with Crippen LogP contribution in [0.2, 0.25) is 0 Å². The zero-order valence-electron chi connectivity index (χ0n) is 17.0. The first-order chi connectivity index (χ1) is 14.1. The first-order valence-electron chi connectivity index (χ1n) is 9.56. The molecule has 0 aliphatic carbocycles. The Morgan fingerprint density at radius 1 is 1.07 bits per heavy atom. The number of rotatable bonds is 7. The van der Waals surface area contributed by atoms with E-state index in [1.165, 1.54) is 40.6 Å². The van der Waals surface area contributed by atoms with E-state index in [-0.39, 0.29) is 12.6 Å². The Hall–Kier alpha value is -3.23. The molecule has 29 heavy (non-hydrogen) atoms. The van der Waals surface area contributed by atoms with Crippen LogP contribution in [0, 0.1) is 0 Å². The molecule has 0 atom stereocenters.